The molecule has 3 rings (SSSR count). The molecule has 1 atom stereocenters. The van der Waals surface area contributed by atoms with Gasteiger partial charge in [-0.3, -0.25) is 0 Å². The minimum Gasteiger partial charge on any atom is -0.457 e. The van der Waals surface area contributed by atoms with Crippen LogP contribution in [0.1, 0.15) is 17.5 Å². The van der Waals surface area contributed by atoms with Crippen molar-refractivity contribution in [1.29, 1.82) is 0 Å². The molecule has 22 heavy (non-hydrogen) atoms. The van der Waals surface area contributed by atoms with Gasteiger partial charge in [0.2, 0.25) is 0 Å². The zero-order valence-electron chi connectivity index (χ0n) is 12.0. The number of aliphatic hydroxyl groups is 1. The summed E-state index contributed by atoms with van der Waals surface area (Å²) in [6.07, 6.45) is 2.71. The molecule has 2 aromatic carbocycles. The fraction of sp³-hybridized carbons (Fsp3) is 0.118. The Labute approximate surface area is 133 Å². The lowest BCUT2D eigenvalue weighted by Gasteiger charge is -2.12. The first-order valence-electron chi connectivity index (χ1n) is 6.82. The molecule has 4 nitrogen and oxygen atoms in total. The van der Waals surface area contributed by atoms with Crippen LogP contribution in [0.25, 0.3) is 0 Å². The molecule has 0 radical (unpaired) electrons. The van der Waals surface area contributed by atoms with E-state index in [2.05, 4.69) is 4.98 Å². The highest BCUT2D eigenvalue weighted by Gasteiger charge is 2.14. The number of halogens is 1. The van der Waals surface area contributed by atoms with Gasteiger partial charge in [-0.15, -0.1) is 0 Å². The van der Waals surface area contributed by atoms with E-state index in [1.54, 1.807) is 41.2 Å². The lowest BCUT2D eigenvalue weighted by molar-refractivity contribution is 0.206. The molecule has 0 aliphatic heterocycles. The SMILES string of the molecule is Cn1ccnc1C(O)c1ccc(Oc2ccc(Cl)cc2)cc1. The number of rotatable bonds is 4. The Morgan fingerprint density at radius 1 is 1.05 bits per heavy atom. The summed E-state index contributed by atoms with van der Waals surface area (Å²) >= 11 is 5.84. The minimum atomic E-state index is -0.760. The topological polar surface area (TPSA) is 47.3 Å². The normalized spacial score (nSPS) is 12.1. The summed E-state index contributed by atoms with van der Waals surface area (Å²) in [7, 11) is 1.85. The van der Waals surface area contributed by atoms with E-state index in [4.69, 9.17) is 16.3 Å². The van der Waals surface area contributed by atoms with E-state index in [9.17, 15) is 5.11 Å². The molecule has 0 saturated heterocycles. The Bertz CT molecular complexity index is 751. The molecule has 3 aromatic rings. The average Bonchev–Trinajstić information content (AvgIpc) is 2.96. The van der Waals surface area contributed by atoms with Crippen molar-refractivity contribution in [2.24, 2.45) is 7.05 Å². The quantitative estimate of drug-likeness (QED) is 0.793. The summed E-state index contributed by atoms with van der Waals surface area (Å²) in [5.41, 5.74) is 0.762. The van der Waals surface area contributed by atoms with Gasteiger partial charge in [-0.2, -0.15) is 0 Å². The zero-order chi connectivity index (χ0) is 15.5. The molecule has 1 N–H and O–H groups in total. The van der Waals surface area contributed by atoms with Gasteiger partial charge in [0, 0.05) is 24.5 Å². The van der Waals surface area contributed by atoms with Gasteiger partial charge in [-0.05, 0) is 42.0 Å². The van der Waals surface area contributed by atoms with E-state index in [1.165, 1.54) is 0 Å². The van der Waals surface area contributed by atoms with E-state index in [-0.39, 0.29) is 0 Å². The van der Waals surface area contributed by atoms with Crippen LogP contribution in [0.5, 0.6) is 11.5 Å². The van der Waals surface area contributed by atoms with Gasteiger partial charge >= 0.3 is 0 Å². The van der Waals surface area contributed by atoms with Crippen molar-refractivity contribution in [2.45, 2.75) is 6.10 Å². The average molecular weight is 315 g/mol. The minimum absolute atomic E-state index is 0.603. The highest BCUT2D eigenvalue weighted by Crippen LogP contribution is 2.26. The van der Waals surface area contributed by atoms with Crippen LogP contribution < -0.4 is 4.74 Å². The first kappa shape index (κ1) is 14.6. The first-order chi connectivity index (χ1) is 10.6. The molecule has 0 fully saturated rings. The van der Waals surface area contributed by atoms with Crippen molar-refractivity contribution in [3.8, 4) is 11.5 Å². The number of aryl methyl sites for hydroxylation is 1. The van der Waals surface area contributed by atoms with Crippen LogP contribution in [0.2, 0.25) is 5.02 Å². The van der Waals surface area contributed by atoms with Crippen LogP contribution >= 0.6 is 11.6 Å². The number of hydrogen-bond donors (Lipinski definition) is 1. The predicted molar refractivity (Wildman–Crippen MR) is 85.2 cm³/mol. The monoisotopic (exact) mass is 314 g/mol. The van der Waals surface area contributed by atoms with Gasteiger partial charge in [-0.25, -0.2) is 4.98 Å². The van der Waals surface area contributed by atoms with E-state index in [0.717, 1.165) is 5.56 Å². The molecule has 112 valence electrons. The van der Waals surface area contributed by atoms with Crippen molar-refractivity contribution in [2.75, 3.05) is 0 Å². The summed E-state index contributed by atoms with van der Waals surface area (Å²) in [6, 6.07) is 14.4. The number of ether oxygens (including phenoxy) is 1. The number of benzene rings is 2. The Morgan fingerprint density at radius 2 is 1.64 bits per heavy atom. The number of nitrogens with zero attached hydrogens (tertiary/aromatic N) is 2. The van der Waals surface area contributed by atoms with E-state index in [0.29, 0.717) is 22.3 Å². The fourth-order valence-corrected chi connectivity index (χ4v) is 2.27. The van der Waals surface area contributed by atoms with Crippen molar-refractivity contribution < 1.29 is 9.84 Å². The van der Waals surface area contributed by atoms with Crippen molar-refractivity contribution in [1.82, 2.24) is 9.55 Å². The molecule has 5 heteroatoms. The lowest BCUT2D eigenvalue weighted by Crippen LogP contribution is -2.06. The fourth-order valence-electron chi connectivity index (χ4n) is 2.15. The molecule has 0 bridgehead atoms. The second-order valence-electron chi connectivity index (χ2n) is 4.92. The molecule has 1 aromatic heterocycles. The van der Waals surface area contributed by atoms with Crippen LogP contribution in [0.15, 0.2) is 60.9 Å². The Kier molecular flexibility index (Phi) is 4.13. The second kappa shape index (κ2) is 6.22. The molecular formula is C17H15ClN2O2. The zero-order valence-corrected chi connectivity index (χ0v) is 12.7. The molecule has 1 heterocycles. The molecular weight excluding hydrogens is 300 g/mol. The summed E-state index contributed by atoms with van der Waals surface area (Å²) in [4.78, 5) is 4.16. The van der Waals surface area contributed by atoms with E-state index < -0.39 is 6.10 Å². The summed E-state index contributed by atoms with van der Waals surface area (Å²) in [5, 5.41) is 11.0. The third-order valence-electron chi connectivity index (χ3n) is 3.35. The maximum atomic E-state index is 10.3. The molecule has 0 amide bonds. The Balaban J connectivity index is 1.75. The van der Waals surface area contributed by atoms with Gasteiger partial charge in [0.15, 0.2) is 0 Å². The number of hydrogen-bond acceptors (Lipinski definition) is 3. The highest BCUT2D eigenvalue weighted by atomic mass is 35.5. The second-order valence-corrected chi connectivity index (χ2v) is 5.36. The highest BCUT2D eigenvalue weighted by molar-refractivity contribution is 6.30. The summed E-state index contributed by atoms with van der Waals surface area (Å²) < 4.78 is 7.52. The third-order valence-corrected chi connectivity index (χ3v) is 3.60. The molecule has 0 aliphatic carbocycles. The van der Waals surface area contributed by atoms with Gasteiger partial charge in [0.25, 0.3) is 0 Å². The van der Waals surface area contributed by atoms with Crippen LogP contribution in [0.4, 0.5) is 0 Å². The molecule has 0 spiro atoms. The van der Waals surface area contributed by atoms with Gasteiger partial charge in [0.1, 0.15) is 23.4 Å². The van der Waals surface area contributed by atoms with Crippen molar-refractivity contribution >= 4 is 11.6 Å². The predicted octanol–water partition coefficient (Wildman–Crippen LogP) is 3.95. The van der Waals surface area contributed by atoms with E-state index >= 15 is 0 Å². The van der Waals surface area contributed by atoms with Crippen LogP contribution in [-0.4, -0.2) is 14.7 Å². The third kappa shape index (κ3) is 3.13. The van der Waals surface area contributed by atoms with Crippen LogP contribution in [0, 0.1) is 0 Å². The molecule has 0 saturated carbocycles. The Morgan fingerprint density at radius 3 is 2.18 bits per heavy atom. The van der Waals surface area contributed by atoms with Crippen LogP contribution in [-0.2, 0) is 7.05 Å². The first-order valence-corrected chi connectivity index (χ1v) is 7.20. The van der Waals surface area contributed by atoms with Gasteiger partial charge in [0.05, 0.1) is 0 Å². The van der Waals surface area contributed by atoms with Gasteiger partial charge < -0.3 is 14.4 Å². The number of imidazole rings is 1. The van der Waals surface area contributed by atoms with Gasteiger partial charge in [-0.1, -0.05) is 23.7 Å². The standard InChI is InChI=1S/C17H15ClN2O2/c1-20-11-10-19-17(20)16(21)12-2-6-14(7-3-12)22-15-8-4-13(18)5-9-15/h2-11,16,21H,1H3. The van der Waals surface area contributed by atoms with Crippen molar-refractivity contribution in [3.63, 3.8) is 0 Å². The van der Waals surface area contributed by atoms with Crippen molar-refractivity contribution in [3.05, 3.63) is 77.3 Å². The number of aliphatic hydroxyl groups excluding tert-OH is 1. The maximum Gasteiger partial charge on any atom is 0.142 e. The summed E-state index contributed by atoms with van der Waals surface area (Å²) in [6.45, 7) is 0. The molecule has 0 aliphatic rings. The smallest absolute Gasteiger partial charge is 0.142 e. The van der Waals surface area contributed by atoms with E-state index in [1.807, 2.05) is 31.3 Å². The lowest BCUT2D eigenvalue weighted by atomic mass is 10.1. The number of aromatic nitrogens is 2. The molecule has 1 unspecified atom stereocenters. The maximum absolute atomic E-state index is 10.3. The summed E-state index contributed by atoms with van der Waals surface area (Å²) in [5.74, 6) is 2.01. The largest absolute Gasteiger partial charge is 0.457 e. The van der Waals surface area contributed by atoms with Crippen LogP contribution in [0.3, 0.4) is 0 Å². The Hall–Kier alpha value is -2.30.